The van der Waals surface area contributed by atoms with Crippen molar-refractivity contribution in [2.45, 2.75) is 50.0 Å². The molecule has 2 aliphatic rings. The van der Waals surface area contributed by atoms with E-state index in [-0.39, 0.29) is 11.5 Å². The van der Waals surface area contributed by atoms with Crippen molar-refractivity contribution in [3.05, 3.63) is 47.6 Å². The van der Waals surface area contributed by atoms with Crippen LogP contribution in [0.1, 0.15) is 61.8 Å². The minimum Gasteiger partial charge on any atom is -0.338 e. The highest BCUT2D eigenvalue weighted by atomic mass is 16.5. The second-order valence-electron chi connectivity index (χ2n) is 6.26. The minimum absolute atomic E-state index is 0.0162. The van der Waals surface area contributed by atoms with E-state index >= 15 is 0 Å². The van der Waals surface area contributed by atoms with Gasteiger partial charge < -0.3 is 9.84 Å². The summed E-state index contributed by atoms with van der Waals surface area (Å²) in [4.78, 5) is 4.76. The highest BCUT2D eigenvalue weighted by molar-refractivity contribution is 5.35. The number of hydrogen-bond acceptors (Lipinski definition) is 4. The first-order valence-corrected chi connectivity index (χ1v) is 8.01. The molecule has 1 saturated heterocycles. The molecule has 1 aromatic carbocycles. The van der Waals surface area contributed by atoms with Gasteiger partial charge in [-0.05, 0) is 37.8 Å². The van der Waals surface area contributed by atoms with Crippen LogP contribution in [0.25, 0.3) is 0 Å². The van der Waals surface area contributed by atoms with Crippen molar-refractivity contribution in [3.8, 4) is 0 Å². The molecule has 2 heterocycles. The number of benzene rings is 1. The maximum atomic E-state index is 5.58. The molecule has 110 valence electrons. The molecule has 1 saturated carbocycles. The van der Waals surface area contributed by atoms with Crippen LogP contribution in [0.3, 0.4) is 0 Å². The summed E-state index contributed by atoms with van der Waals surface area (Å²) >= 11 is 0. The molecule has 1 aliphatic carbocycles. The second kappa shape index (κ2) is 5.26. The Bertz CT molecular complexity index is 598. The van der Waals surface area contributed by atoms with Crippen molar-refractivity contribution in [2.24, 2.45) is 0 Å². The van der Waals surface area contributed by atoms with Gasteiger partial charge in [0.25, 0.3) is 0 Å². The van der Waals surface area contributed by atoms with Crippen LogP contribution in [0.5, 0.6) is 0 Å². The molecule has 1 aliphatic heterocycles. The molecule has 0 radical (unpaired) electrons. The van der Waals surface area contributed by atoms with Crippen LogP contribution in [-0.2, 0) is 5.41 Å². The second-order valence-corrected chi connectivity index (χ2v) is 6.26. The van der Waals surface area contributed by atoms with E-state index in [1.54, 1.807) is 0 Å². The van der Waals surface area contributed by atoms with Gasteiger partial charge in [0.15, 0.2) is 5.82 Å². The molecule has 4 nitrogen and oxygen atoms in total. The molecule has 0 amide bonds. The number of aromatic nitrogens is 2. The SMILES string of the molecule is c1ccc(C2(c3noc([C@H]4CCCCN4)n3)CCC2)cc1. The Kier molecular flexibility index (Phi) is 3.26. The topological polar surface area (TPSA) is 51.0 Å². The third-order valence-electron chi connectivity index (χ3n) is 5.01. The molecule has 1 atom stereocenters. The standard InChI is InChI=1S/C17H21N3O/c1-2-7-13(8-3-1)17(10-6-11-17)16-19-15(21-20-16)14-9-4-5-12-18-14/h1-3,7-8,14,18H,4-6,9-12H2/t14-/m1/s1. The summed E-state index contributed by atoms with van der Waals surface area (Å²) in [5, 5.41) is 7.82. The van der Waals surface area contributed by atoms with Crippen molar-refractivity contribution < 1.29 is 4.52 Å². The Morgan fingerprint density at radius 3 is 2.62 bits per heavy atom. The highest BCUT2D eigenvalue weighted by Crippen LogP contribution is 2.47. The highest BCUT2D eigenvalue weighted by Gasteiger charge is 2.44. The summed E-state index contributed by atoms with van der Waals surface area (Å²) in [6.07, 6.45) is 7.05. The van der Waals surface area contributed by atoms with Gasteiger partial charge in [0, 0.05) is 0 Å². The summed E-state index contributed by atoms with van der Waals surface area (Å²) < 4.78 is 5.58. The van der Waals surface area contributed by atoms with E-state index in [0.717, 1.165) is 37.5 Å². The zero-order valence-corrected chi connectivity index (χ0v) is 12.2. The van der Waals surface area contributed by atoms with E-state index in [4.69, 9.17) is 9.51 Å². The number of rotatable bonds is 3. The van der Waals surface area contributed by atoms with Crippen molar-refractivity contribution in [3.63, 3.8) is 0 Å². The molecular formula is C17H21N3O. The summed E-state index contributed by atoms with van der Waals surface area (Å²) in [5.74, 6) is 1.65. The molecule has 4 rings (SSSR count). The van der Waals surface area contributed by atoms with Gasteiger partial charge in [-0.1, -0.05) is 48.3 Å². The Morgan fingerprint density at radius 2 is 1.95 bits per heavy atom. The third kappa shape index (κ3) is 2.18. The molecule has 2 aromatic rings. The van der Waals surface area contributed by atoms with Gasteiger partial charge in [-0.3, -0.25) is 0 Å². The minimum atomic E-state index is -0.0162. The molecule has 4 heteroatoms. The van der Waals surface area contributed by atoms with E-state index in [9.17, 15) is 0 Å². The average molecular weight is 283 g/mol. The summed E-state index contributed by atoms with van der Waals surface area (Å²) in [6, 6.07) is 10.9. The number of piperidine rings is 1. The van der Waals surface area contributed by atoms with Gasteiger partial charge in [-0.15, -0.1) is 0 Å². The van der Waals surface area contributed by atoms with Crippen molar-refractivity contribution >= 4 is 0 Å². The van der Waals surface area contributed by atoms with Crippen LogP contribution in [0, 0.1) is 0 Å². The summed E-state index contributed by atoms with van der Waals surface area (Å²) in [5.41, 5.74) is 1.30. The molecule has 0 bridgehead atoms. The third-order valence-corrected chi connectivity index (χ3v) is 5.01. The largest absolute Gasteiger partial charge is 0.338 e. The summed E-state index contributed by atoms with van der Waals surface area (Å²) in [6.45, 7) is 1.05. The fourth-order valence-corrected chi connectivity index (χ4v) is 3.56. The van der Waals surface area contributed by atoms with Gasteiger partial charge >= 0.3 is 0 Å². The van der Waals surface area contributed by atoms with Gasteiger partial charge in [0.05, 0.1) is 11.5 Å². The molecule has 1 aromatic heterocycles. The van der Waals surface area contributed by atoms with Crippen molar-refractivity contribution in [1.29, 1.82) is 0 Å². The first-order chi connectivity index (χ1) is 10.4. The quantitative estimate of drug-likeness (QED) is 0.938. The zero-order valence-electron chi connectivity index (χ0n) is 12.2. The van der Waals surface area contributed by atoms with Crippen molar-refractivity contribution in [1.82, 2.24) is 15.5 Å². The Balaban J connectivity index is 1.64. The lowest BCUT2D eigenvalue weighted by atomic mass is 9.64. The van der Waals surface area contributed by atoms with Crippen molar-refractivity contribution in [2.75, 3.05) is 6.54 Å². The fraction of sp³-hybridized carbons (Fsp3) is 0.529. The van der Waals surface area contributed by atoms with Gasteiger partial charge in [0.1, 0.15) is 0 Å². The smallest absolute Gasteiger partial charge is 0.243 e. The monoisotopic (exact) mass is 283 g/mol. The normalized spacial score (nSPS) is 24.5. The average Bonchev–Trinajstić information content (AvgIpc) is 2.98. The Labute approximate surface area is 124 Å². The Hall–Kier alpha value is -1.68. The number of nitrogens with one attached hydrogen (secondary N) is 1. The molecule has 2 fully saturated rings. The van der Waals surface area contributed by atoms with E-state index in [1.807, 2.05) is 0 Å². The van der Waals surface area contributed by atoms with E-state index in [0.29, 0.717) is 0 Å². The van der Waals surface area contributed by atoms with E-state index in [1.165, 1.54) is 24.8 Å². The number of hydrogen-bond donors (Lipinski definition) is 1. The predicted octanol–water partition coefficient (Wildman–Crippen LogP) is 3.35. The van der Waals surface area contributed by atoms with Crippen LogP contribution in [0.4, 0.5) is 0 Å². The molecule has 0 spiro atoms. The Morgan fingerprint density at radius 1 is 1.10 bits per heavy atom. The fourth-order valence-electron chi connectivity index (χ4n) is 3.56. The lowest BCUT2D eigenvalue weighted by molar-refractivity contribution is 0.264. The van der Waals surface area contributed by atoms with Gasteiger partial charge in [-0.2, -0.15) is 4.98 Å². The number of nitrogens with zero attached hydrogens (tertiary/aromatic N) is 2. The lowest BCUT2D eigenvalue weighted by Gasteiger charge is -2.39. The van der Waals surface area contributed by atoms with Gasteiger partial charge in [-0.25, -0.2) is 0 Å². The first kappa shape index (κ1) is 13.0. The van der Waals surface area contributed by atoms with E-state index < -0.39 is 0 Å². The van der Waals surface area contributed by atoms with Crippen LogP contribution >= 0.6 is 0 Å². The summed E-state index contributed by atoms with van der Waals surface area (Å²) in [7, 11) is 0. The van der Waals surface area contributed by atoms with Gasteiger partial charge in [0.2, 0.25) is 5.89 Å². The zero-order chi connectivity index (χ0) is 14.1. The predicted molar refractivity (Wildman–Crippen MR) is 80.0 cm³/mol. The molecule has 1 N–H and O–H groups in total. The van der Waals surface area contributed by atoms with Crippen LogP contribution in [-0.4, -0.2) is 16.7 Å². The maximum absolute atomic E-state index is 5.58. The maximum Gasteiger partial charge on any atom is 0.243 e. The lowest BCUT2D eigenvalue weighted by Crippen LogP contribution is -2.36. The first-order valence-electron chi connectivity index (χ1n) is 8.01. The molecular weight excluding hydrogens is 262 g/mol. The van der Waals surface area contributed by atoms with Crippen LogP contribution in [0.2, 0.25) is 0 Å². The van der Waals surface area contributed by atoms with E-state index in [2.05, 4.69) is 40.8 Å². The van der Waals surface area contributed by atoms with Crippen LogP contribution < -0.4 is 5.32 Å². The molecule has 21 heavy (non-hydrogen) atoms. The van der Waals surface area contributed by atoms with Crippen LogP contribution in [0.15, 0.2) is 34.9 Å². The molecule has 0 unspecified atom stereocenters.